The smallest absolute Gasteiger partial charge is 0.287 e. The first-order valence-electron chi connectivity index (χ1n) is 6.81. The maximum Gasteiger partial charge on any atom is 0.287 e. The van der Waals surface area contributed by atoms with Gasteiger partial charge < -0.3 is 19.4 Å². The Labute approximate surface area is 135 Å². The lowest BCUT2D eigenvalue weighted by atomic mass is 10.1. The first-order valence-corrected chi connectivity index (χ1v) is 7.60. The van der Waals surface area contributed by atoms with Gasteiger partial charge in [0, 0.05) is 25.3 Å². The summed E-state index contributed by atoms with van der Waals surface area (Å²) in [5, 5.41) is 13.9. The number of carbonyl (C=O) groups is 1. The molecule has 0 fully saturated rings. The quantitative estimate of drug-likeness (QED) is 0.749. The van der Waals surface area contributed by atoms with Crippen LogP contribution in [0.2, 0.25) is 0 Å². The van der Waals surface area contributed by atoms with E-state index in [1.54, 1.807) is 12.1 Å². The van der Waals surface area contributed by atoms with Crippen molar-refractivity contribution in [3.8, 4) is 0 Å². The number of amides is 1. The van der Waals surface area contributed by atoms with E-state index in [4.69, 9.17) is 4.42 Å². The zero-order chi connectivity index (χ0) is 15.7. The van der Waals surface area contributed by atoms with Gasteiger partial charge in [0.25, 0.3) is 5.91 Å². The van der Waals surface area contributed by atoms with Gasteiger partial charge in [-0.15, -0.1) is 0 Å². The molecule has 1 aromatic carbocycles. The van der Waals surface area contributed by atoms with Crippen LogP contribution in [0.1, 0.15) is 22.2 Å². The third-order valence-electron chi connectivity index (χ3n) is 3.55. The number of fused-ring (bicyclic) bond motifs is 1. The topological polar surface area (TPSA) is 67.4 Å². The van der Waals surface area contributed by atoms with Gasteiger partial charge in [0.05, 0.1) is 6.10 Å². The zero-order valence-corrected chi connectivity index (χ0v) is 13.5. The number of rotatable bonds is 4. The fraction of sp³-hybridized carbons (Fsp3) is 0.188. The monoisotopic (exact) mass is 362 g/mol. The van der Waals surface area contributed by atoms with Gasteiger partial charge in [-0.1, -0.05) is 6.07 Å². The molecule has 1 atom stereocenters. The molecule has 2 aromatic heterocycles. The van der Waals surface area contributed by atoms with Gasteiger partial charge in [-0.25, -0.2) is 0 Å². The van der Waals surface area contributed by atoms with Gasteiger partial charge in [-0.2, -0.15) is 0 Å². The molecule has 0 aliphatic carbocycles. The summed E-state index contributed by atoms with van der Waals surface area (Å²) in [6.45, 7) is 0.121. The highest BCUT2D eigenvalue weighted by Gasteiger charge is 2.14. The molecule has 3 aromatic rings. The first kappa shape index (κ1) is 14.9. The highest BCUT2D eigenvalue weighted by Crippen LogP contribution is 2.21. The van der Waals surface area contributed by atoms with E-state index in [9.17, 15) is 9.90 Å². The molecule has 22 heavy (non-hydrogen) atoms. The highest BCUT2D eigenvalue weighted by atomic mass is 79.9. The Bertz CT molecular complexity index is 822. The molecule has 0 radical (unpaired) electrons. The molecule has 0 aliphatic rings. The molecular formula is C16H15BrN2O3. The van der Waals surface area contributed by atoms with Crippen LogP contribution >= 0.6 is 15.9 Å². The van der Waals surface area contributed by atoms with Crippen LogP contribution in [0.4, 0.5) is 0 Å². The van der Waals surface area contributed by atoms with Crippen molar-refractivity contribution in [2.75, 3.05) is 6.54 Å². The van der Waals surface area contributed by atoms with Gasteiger partial charge >= 0.3 is 0 Å². The van der Waals surface area contributed by atoms with E-state index in [1.807, 2.05) is 42.1 Å². The molecule has 0 saturated carbocycles. The second-order valence-corrected chi connectivity index (χ2v) is 5.86. The van der Waals surface area contributed by atoms with E-state index >= 15 is 0 Å². The summed E-state index contributed by atoms with van der Waals surface area (Å²) in [5.41, 5.74) is 1.86. The van der Waals surface area contributed by atoms with Crippen molar-refractivity contribution in [3.05, 3.63) is 58.6 Å². The average molecular weight is 363 g/mol. The second-order valence-electron chi connectivity index (χ2n) is 5.07. The lowest BCUT2D eigenvalue weighted by Crippen LogP contribution is -2.28. The summed E-state index contributed by atoms with van der Waals surface area (Å²) in [5.74, 6) is -0.150. The van der Waals surface area contributed by atoms with Crippen LogP contribution in [0.25, 0.3) is 10.9 Å². The maximum absolute atomic E-state index is 11.9. The number of hydrogen-bond acceptors (Lipinski definition) is 3. The number of aliphatic hydroxyl groups excluding tert-OH is 1. The number of benzene rings is 1. The minimum absolute atomic E-state index is 0.121. The van der Waals surface area contributed by atoms with Gasteiger partial charge in [-0.3, -0.25) is 4.79 Å². The van der Waals surface area contributed by atoms with Crippen molar-refractivity contribution in [3.63, 3.8) is 0 Å². The fourth-order valence-electron chi connectivity index (χ4n) is 2.34. The summed E-state index contributed by atoms with van der Waals surface area (Å²) >= 11 is 3.14. The molecule has 6 heteroatoms. The zero-order valence-electron chi connectivity index (χ0n) is 11.9. The Morgan fingerprint density at radius 2 is 2.18 bits per heavy atom. The molecule has 0 bridgehead atoms. The molecule has 3 rings (SSSR count). The number of halogens is 1. The molecule has 0 saturated heterocycles. The number of aryl methyl sites for hydroxylation is 1. The number of nitrogens with one attached hydrogen (secondary N) is 1. The van der Waals surface area contributed by atoms with E-state index < -0.39 is 6.10 Å². The Kier molecular flexibility index (Phi) is 4.04. The summed E-state index contributed by atoms with van der Waals surface area (Å²) in [4.78, 5) is 11.9. The lowest BCUT2D eigenvalue weighted by Gasteiger charge is -2.12. The largest absolute Gasteiger partial charge is 0.444 e. The minimum atomic E-state index is -0.771. The summed E-state index contributed by atoms with van der Waals surface area (Å²) in [6.07, 6.45) is 1.20. The number of nitrogens with zero attached hydrogens (tertiary/aromatic N) is 1. The summed E-state index contributed by atoms with van der Waals surface area (Å²) in [7, 11) is 1.97. The molecule has 1 unspecified atom stereocenters. The molecule has 114 valence electrons. The van der Waals surface area contributed by atoms with Gasteiger partial charge in [-0.05, 0) is 57.2 Å². The normalized spacial score (nSPS) is 12.5. The van der Waals surface area contributed by atoms with E-state index in [1.165, 1.54) is 0 Å². The van der Waals surface area contributed by atoms with Crippen molar-refractivity contribution < 1.29 is 14.3 Å². The lowest BCUT2D eigenvalue weighted by molar-refractivity contribution is 0.0888. The van der Waals surface area contributed by atoms with E-state index in [-0.39, 0.29) is 18.2 Å². The Balaban J connectivity index is 1.67. The predicted molar refractivity (Wildman–Crippen MR) is 86.6 cm³/mol. The molecule has 0 spiro atoms. The van der Waals surface area contributed by atoms with Crippen LogP contribution in [0.5, 0.6) is 0 Å². The molecular weight excluding hydrogens is 348 g/mol. The minimum Gasteiger partial charge on any atom is -0.444 e. The summed E-state index contributed by atoms with van der Waals surface area (Å²) < 4.78 is 7.67. The molecule has 0 aliphatic heterocycles. The molecule has 5 nitrogen and oxygen atoms in total. The van der Waals surface area contributed by atoms with E-state index in [2.05, 4.69) is 21.2 Å². The Morgan fingerprint density at radius 1 is 1.36 bits per heavy atom. The van der Waals surface area contributed by atoms with Gasteiger partial charge in [0.2, 0.25) is 0 Å². The third-order valence-corrected chi connectivity index (χ3v) is 3.97. The number of aromatic nitrogens is 1. The van der Waals surface area contributed by atoms with Crippen molar-refractivity contribution in [1.29, 1.82) is 0 Å². The average Bonchev–Trinajstić information content (AvgIpc) is 3.11. The number of hydrogen-bond donors (Lipinski definition) is 2. The number of furan rings is 1. The van der Waals surface area contributed by atoms with Crippen LogP contribution in [-0.2, 0) is 7.05 Å². The third kappa shape index (κ3) is 2.93. The fourth-order valence-corrected chi connectivity index (χ4v) is 2.64. The van der Waals surface area contributed by atoms with Gasteiger partial charge in [0.15, 0.2) is 10.4 Å². The maximum atomic E-state index is 11.9. The SMILES string of the molecule is Cn1ccc2cc(C(O)CNC(=O)c3ccc(Br)o3)ccc21. The highest BCUT2D eigenvalue weighted by molar-refractivity contribution is 9.10. The van der Waals surface area contributed by atoms with Crippen LogP contribution in [0, 0.1) is 0 Å². The van der Waals surface area contributed by atoms with Crippen molar-refractivity contribution in [2.24, 2.45) is 7.05 Å². The second kappa shape index (κ2) is 5.98. The molecule has 1 amide bonds. The predicted octanol–water partition coefficient (Wildman–Crippen LogP) is 3.00. The van der Waals surface area contributed by atoms with Gasteiger partial charge in [0.1, 0.15) is 0 Å². The van der Waals surface area contributed by atoms with Crippen LogP contribution in [0.15, 0.2) is 51.7 Å². The van der Waals surface area contributed by atoms with Crippen molar-refractivity contribution >= 4 is 32.7 Å². The van der Waals surface area contributed by atoms with Crippen molar-refractivity contribution in [1.82, 2.24) is 9.88 Å². The molecule has 2 N–H and O–H groups in total. The van der Waals surface area contributed by atoms with Crippen LogP contribution in [0.3, 0.4) is 0 Å². The van der Waals surface area contributed by atoms with Crippen LogP contribution < -0.4 is 5.32 Å². The van der Waals surface area contributed by atoms with E-state index in [0.29, 0.717) is 4.67 Å². The first-order chi connectivity index (χ1) is 10.5. The summed E-state index contributed by atoms with van der Waals surface area (Å²) in [6, 6.07) is 11.0. The molecule has 2 heterocycles. The van der Waals surface area contributed by atoms with Crippen molar-refractivity contribution in [2.45, 2.75) is 6.10 Å². The van der Waals surface area contributed by atoms with E-state index in [0.717, 1.165) is 16.5 Å². The number of carbonyl (C=O) groups excluding carboxylic acids is 1. The Morgan fingerprint density at radius 3 is 2.91 bits per heavy atom. The van der Waals surface area contributed by atoms with Crippen LogP contribution in [-0.4, -0.2) is 22.1 Å². The standard InChI is InChI=1S/C16H15BrN2O3/c1-19-7-6-10-8-11(2-3-12(10)19)13(20)9-18-16(21)14-4-5-15(17)22-14/h2-8,13,20H,9H2,1H3,(H,18,21). The number of aliphatic hydroxyl groups is 1. The Hall–Kier alpha value is -2.05.